The Morgan fingerprint density at radius 2 is 1.86 bits per heavy atom. The number of ether oxygens (including phenoxy) is 3. The number of nitrogens with zero attached hydrogens (tertiary/aromatic N) is 4. The molecule has 2 saturated heterocycles. The smallest absolute Gasteiger partial charge is 0.319 e. The van der Waals surface area contributed by atoms with Crippen LogP contribution in [0.2, 0.25) is 0 Å². The third kappa shape index (κ3) is 6.45. The Bertz CT molecular complexity index is 1920. The minimum atomic E-state index is -0.662. The molecule has 0 amide bonds. The Labute approximate surface area is 292 Å². The van der Waals surface area contributed by atoms with Crippen LogP contribution in [0.4, 0.5) is 14.6 Å². The lowest BCUT2D eigenvalue weighted by Gasteiger charge is -2.31. The fourth-order valence-corrected chi connectivity index (χ4v) is 8.18. The van der Waals surface area contributed by atoms with Crippen molar-refractivity contribution >= 4 is 27.5 Å². The highest BCUT2D eigenvalue weighted by molar-refractivity contribution is 6.03. The number of rotatable bonds is 12. The van der Waals surface area contributed by atoms with Crippen molar-refractivity contribution in [1.82, 2.24) is 25.2 Å². The van der Waals surface area contributed by atoms with Crippen molar-refractivity contribution in [2.24, 2.45) is 0 Å². The summed E-state index contributed by atoms with van der Waals surface area (Å²) >= 11 is 0. The molecule has 11 heteroatoms. The van der Waals surface area contributed by atoms with Crippen molar-refractivity contribution in [1.29, 1.82) is 0 Å². The van der Waals surface area contributed by atoms with Crippen LogP contribution in [0.1, 0.15) is 76.5 Å². The molecule has 0 bridgehead atoms. The van der Waals surface area contributed by atoms with Crippen molar-refractivity contribution in [3.63, 3.8) is 0 Å². The molecule has 2 aromatic heterocycles. The minimum Gasteiger partial charge on any atom is -0.468 e. The van der Waals surface area contributed by atoms with Crippen LogP contribution >= 0.6 is 0 Å². The number of hydrogen-bond donors (Lipinski definition) is 2. The number of terminal acetylenes is 1. The number of halogens is 2. The molecule has 0 saturated carbocycles. The van der Waals surface area contributed by atoms with E-state index in [4.69, 9.17) is 35.6 Å². The lowest BCUT2D eigenvalue weighted by Crippen LogP contribution is -2.43. The average Bonchev–Trinajstić information content (AvgIpc) is 3.71. The molecule has 264 valence electrons. The predicted molar refractivity (Wildman–Crippen MR) is 192 cm³/mol. The van der Waals surface area contributed by atoms with Crippen molar-refractivity contribution in [2.75, 3.05) is 45.5 Å². The maximum absolute atomic E-state index is 17.3. The van der Waals surface area contributed by atoms with E-state index in [1.165, 1.54) is 13.2 Å². The molecule has 3 aliphatic heterocycles. The van der Waals surface area contributed by atoms with Gasteiger partial charge in [-0.25, -0.2) is 13.8 Å². The van der Waals surface area contributed by atoms with Gasteiger partial charge < -0.3 is 24.8 Å². The Kier molecular flexibility index (Phi) is 10.0. The topological polar surface area (TPSA) is 93.7 Å². The second-order valence-corrected chi connectivity index (χ2v) is 13.8. The van der Waals surface area contributed by atoms with Gasteiger partial charge in [0.1, 0.15) is 35.2 Å². The van der Waals surface area contributed by atoms with Crippen molar-refractivity contribution < 1.29 is 23.0 Å². The summed E-state index contributed by atoms with van der Waals surface area (Å²) in [5.41, 5.74) is 1.08. The maximum atomic E-state index is 17.3. The number of aryl methyl sites for hydroxylation is 1. The van der Waals surface area contributed by atoms with Crippen LogP contribution in [0.5, 0.6) is 11.8 Å². The number of methoxy groups -OCH3 is 1. The van der Waals surface area contributed by atoms with Gasteiger partial charge in [-0.1, -0.05) is 25.8 Å². The molecular weight excluding hydrogens is 638 g/mol. The monoisotopic (exact) mass is 684 g/mol. The van der Waals surface area contributed by atoms with Crippen LogP contribution in [-0.4, -0.2) is 77.6 Å². The molecule has 0 aliphatic carbocycles. The third-order valence-electron chi connectivity index (χ3n) is 10.8. The van der Waals surface area contributed by atoms with E-state index in [2.05, 4.69) is 35.3 Å². The Morgan fingerprint density at radius 1 is 1.06 bits per heavy atom. The number of benzene rings is 2. The van der Waals surface area contributed by atoms with Gasteiger partial charge in [0, 0.05) is 36.7 Å². The van der Waals surface area contributed by atoms with Gasteiger partial charge >= 0.3 is 6.01 Å². The zero-order chi connectivity index (χ0) is 34.8. The molecule has 0 radical (unpaired) electrons. The summed E-state index contributed by atoms with van der Waals surface area (Å²) in [4.78, 5) is 17.1. The number of anilines is 1. The summed E-state index contributed by atoms with van der Waals surface area (Å²) in [6.07, 6.45) is 14.6. The van der Waals surface area contributed by atoms with E-state index in [1.807, 2.05) is 0 Å². The van der Waals surface area contributed by atoms with Crippen LogP contribution in [0.15, 0.2) is 24.3 Å². The number of fused-ring (bicyclic) bond motifs is 2. The van der Waals surface area contributed by atoms with Gasteiger partial charge in [0.05, 0.1) is 22.2 Å². The quantitative estimate of drug-likeness (QED) is 0.121. The van der Waals surface area contributed by atoms with E-state index < -0.39 is 11.6 Å². The van der Waals surface area contributed by atoms with Crippen LogP contribution in [0.25, 0.3) is 32.9 Å². The number of aromatic nitrogens is 3. The SMILES string of the molecule is C#Cc1c(F)ccc2cc(OCOC)cc(-c3nc4c5c(nc(OCC67CCCN6CCC7)nc5c3F)NC(CNC(CC)CC)CCC4)c12. The lowest BCUT2D eigenvalue weighted by molar-refractivity contribution is 0.0512. The molecular formula is C39H46F2N6O3. The van der Waals surface area contributed by atoms with Crippen LogP contribution in [0.3, 0.4) is 0 Å². The second-order valence-electron chi connectivity index (χ2n) is 13.8. The first kappa shape index (κ1) is 34.3. The van der Waals surface area contributed by atoms with Gasteiger partial charge in [0.15, 0.2) is 12.6 Å². The molecule has 3 aliphatic rings. The first-order valence-electron chi connectivity index (χ1n) is 18.0. The zero-order valence-electron chi connectivity index (χ0n) is 29.2. The van der Waals surface area contributed by atoms with Crippen molar-refractivity contribution in [3.8, 4) is 35.4 Å². The lowest BCUT2D eigenvalue weighted by atomic mass is 9.94. The summed E-state index contributed by atoms with van der Waals surface area (Å²) in [5, 5.41) is 8.82. The van der Waals surface area contributed by atoms with Crippen molar-refractivity contribution in [2.45, 2.75) is 89.3 Å². The molecule has 0 spiro atoms. The highest BCUT2D eigenvalue weighted by atomic mass is 19.1. The fraction of sp³-hybridized carbons (Fsp3) is 0.513. The normalized spacial score (nSPS) is 18.5. The highest BCUT2D eigenvalue weighted by Crippen LogP contribution is 2.42. The summed E-state index contributed by atoms with van der Waals surface area (Å²) in [6.45, 7) is 7.66. The second kappa shape index (κ2) is 14.6. The van der Waals surface area contributed by atoms with Crippen LogP contribution in [-0.2, 0) is 11.2 Å². The van der Waals surface area contributed by atoms with Crippen LogP contribution in [0, 0.1) is 24.0 Å². The molecule has 2 N–H and O–H groups in total. The molecule has 5 heterocycles. The van der Waals surface area contributed by atoms with Gasteiger partial charge in [-0.3, -0.25) is 4.90 Å². The van der Waals surface area contributed by atoms with Gasteiger partial charge in [-0.15, -0.1) is 6.42 Å². The Morgan fingerprint density at radius 3 is 2.60 bits per heavy atom. The average molecular weight is 685 g/mol. The number of hydrogen-bond acceptors (Lipinski definition) is 9. The predicted octanol–water partition coefficient (Wildman–Crippen LogP) is 6.99. The van der Waals surface area contributed by atoms with Gasteiger partial charge in [0.25, 0.3) is 0 Å². The minimum absolute atomic E-state index is 0.0157. The van der Waals surface area contributed by atoms with E-state index in [-0.39, 0.29) is 41.2 Å². The molecule has 1 atom stereocenters. The van der Waals surface area contributed by atoms with E-state index in [0.29, 0.717) is 58.1 Å². The first-order valence-corrected chi connectivity index (χ1v) is 18.0. The largest absolute Gasteiger partial charge is 0.468 e. The van der Waals surface area contributed by atoms with E-state index >= 15 is 8.78 Å². The summed E-state index contributed by atoms with van der Waals surface area (Å²) in [7, 11) is 1.52. The standard InChI is InChI=1S/C39H46F2N6O3/c1-5-25(6-2)42-21-26-11-8-12-31-33-36(45-38(46-37(33)43-26)49-22-39-15-9-17-47(39)18-10-16-39)34(41)35(44-31)29-20-27(50-23-48-4)19-24-13-14-30(40)28(7-3)32(24)29/h3,13-14,19-20,25-26,42H,5-6,8-12,15-18,21-23H2,1-2,4H3,(H,43,45,46). The van der Waals surface area contributed by atoms with Crippen LogP contribution < -0.4 is 20.1 Å². The zero-order valence-corrected chi connectivity index (χ0v) is 29.2. The number of nitrogens with one attached hydrogen (secondary N) is 2. The molecule has 9 nitrogen and oxygen atoms in total. The van der Waals surface area contributed by atoms with Crippen molar-refractivity contribution in [3.05, 3.63) is 47.2 Å². The van der Waals surface area contributed by atoms with Gasteiger partial charge in [0.2, 0.25) is 0 Å². The summed E-state index contributed by atoms with van der Waals surface area (Å²) < 4.78 is 49.8. The molecule has 4 aromatic rings. The van der Waals surface area contributed by atoms with E-state index in [9.17, 15) is 0 Å². The fourth-order valence-electron chi connectivity index (χ4n) is 8.18. The van der Waals surface area contributed by atoms with Gasteiger partial charge in [-0.05, 0) is 94.5 Å². The molecule has 7 rings (SSSR count). The molecule has 2 fully saturated rings. The summed E-state index contributed by atoms with van der Waals surface area (Å²) in [5.74, 6) is 2.17. The maximum Gasteiger partial charge on any atom is 0.319 e. The summed E-state index contributed by atoms with van der Waals surface area (Å²) in [6, 6.07) is 6.89. The highest BCUT2D eigenvalue weighted by Gasteiger charge is 2.45. The molecule has 1 unspecified atom stereocenters. The molecule has 2 aromatic carbocycles. The third-order valence-corrected chi connectivity index (χ3v) is 10.8. The van der Waals surface area contributed by atoms with Gasteiger partial charge in [-0.2, -0.15) is 9.97 Å². The first-order chi connectivity index (χ1) is 24.4. The Balaban J connectivity index is 1.38. The number of pyridine rings is 1. The molecule has 50 heavy (non-hydrogen) atoms. The van der Waals surface area contributed by atoms with E-state index in [1.54, 1.807) is 18.2 Å². The van der Waals surface area contributed by atoms with E-state index in [0.717, 1.165) is 71.0 Å². The Hall–Kier alpha value is -4.11.